The maximum absolute atomic E-state index is 12.1. The third kappa shape index (κ3) is 4.34. The van der Waals surface area contributed by atoms with E-state index in [2.05, 4.69) is 4.74 Å². The van der Waals surface area contributed by atoms with Gasteiger partial charge in [-0.25, -0.2) is 0 Å². The van der Waals surface area contributed by atoms with E-state index in [0.29, 0.717) is 0 Å². The highest BCUT2D eigenvalue weighted by Gasteiger charge is 2.32. The first-order chi connectivity index (χ1) is 7.79. The van der Waals surface area contributed by atoms with Gasteiger partial charge in [0.25, 0.3) is 0 Å². The molecule has 1 aromatic carbocycles. The number of aliphatic carboxylic acids is 1. The molecule has 0 fully saturated rings. The molecule has 0 heterocycles. The van der Waals surface area contributed by atoms with Crippen LogP contribution in [-0.4, -0.2) is 17.4 Å². The topological polar surface area (TPSA) is 46.5 Å². The van der Waals surface area contributed by atoms with Crippen molar-refractivity contribution in [2.45, 2.75) is 19.7 Å². The Labute approximate surface area is 95.8 Å². The average Bonchev–Trinajstić information content (AvgIpc) is 2.18. The van der Waals surface area contributed by atoms with Gasteiger partial charge in [-0.15, -0.1) is 13.2 Å². The minimum Gasteiger partial charge on any atom is -0.481 e. The molecule has 0 aliphatic rings. The molecule has 0 saturated heterocycles. The Morgan fingerprint density at radius 3 is 2.53 bits per heavy atom. The second-order valence-electron chi connectivity index (χ2n) is 3.60. The molecule has 0 radical (unpaired) electrons. The number of halogens is 3. The van der Waals surface area contributed by atoms with Crippen LogP contribution in [0, 0.1) is 5.92 Å². The highest BCUT2D eigenvalue weighted by molar-refractivity contribution is 5.70. The molecule has 0 aliphatic carbocycles. The monoisotopic (exact) mass is 248 g/mol. The molecule has 1 rings (SSSR count). The molecule has 0 unspecified atom stereocenters. The Bertz CT molecular complexity index is 401. The zero-order chi connectivity index (χ0) is 13.1. The van der Waals surface area contributed by atoms with Crippen molar-refractivity contribution in [3.63, 3.8) is 0 Å². The Kier molecular flexibility index (Phi) is 3.98. The summed E-state index contributed by atoms with van der Waals surface area (Å²) < 4.78 is 40.1. The minimum absolute atomic E-state index is 0.0123. The summed E-state index contributed by atoms with van der Waals surface area (Å²) in [6.07, 6.45) is -4.79. The van der Waals surface area contributed by atoms with Crippen molar-refractivity contribution >= 4 is 5.97 Å². The molecule has 94 valence electrons. The largest absolute Gasteiger partial charge is 0.573 e. The number of ether oxygens (including phenoxy) is 1. The average molecular weight is 248 g/mol. The first-order valence-electron chi connectivity index (χ1n) is 4.86. The van der Waals surface area contributed by atoms with E-state index < -0.39 is 18.2 Å². The summed E-state index contributed by atoms with van der Waals surface area (Å²) in [5.41, 5.74) is 0.222. The van der Waals surface area contributed by atoms with Crippen LogP contribution in [0.25, 0.3) is 0 Å². The van der Waals surface area contributed by atoms with Crippen LogP contribution in [0.4, 0.5) is 13.2 Å². The van der Waals surface area contributed by atoms with E-state index in [1.165, 1.54) is 25.1 Å². The number of alkyl halides is 3. The van der Waals surface area contributed by atoms with Gasteiger partial charge in [-0.2, -0.15) is 0 Å². The molecule has 3 nitrogen and oxygen atoms in total. The summed E-state index contributed by atoms with van der Waals surface area (Å²) >= 11 is 0. The summed E-state index contributed by atoms with van der Waals surface area (Å²) in [5, 5.41) is 8.70. The molecule has 0 saturated carbocycles. The van der Waals surface area contributed by atoms with E-state index >= 15 is 0 Å². The number of hydrogen-bond donors (Lipinski definition) is 1. The Morgan fingerprint density at radius 1 is 1.41 bits per heavy atom. The van der Waals surface area contributed by atoms with Crippen LogP contribution in [0.5, 0.6) is 5.75 Å². The molecule has 1 atom stereocenters. The zero-order valence-electron chi connectivity index (χ0n) is 8.99. The summed E-state index contributed by atoms with van der Waals surface area (Å²) in [6.45, 7) is 1.42. The molecule has 17 heavy (non-hydrogen) atoms. The van der Waals surface area contributed by atoms with Crippen molar-refractivity contribution in [1.29, 1.82) is 0 Å². The van der Waals surface area contributed by atoms with Crippen molar-refractivity contribution in [3.8, 4) is 5.75 Å². The van der Waals surface area contributed by atoms with Crippen LogP contribution < -0.4 is 4.74 Å². The van der Waals surface area contributed by atoms with Crippen molar-refractivity contribution in [2.24, 2.45) is 5.92 Å². The Morgan fingerprint density at radius 2 is 2.00 bits per heavy atom. The number of hydrogen-bond acceptors (Lipinski definition) is 2. The maximum Gasteiger partial charge on any atom is 0.573 e. The van der Waals surface area contributed by atoms with Gasteiger partial charge in [0.05, 0.1) is 5.92 Å². The quantitative estimate of drug-likeness (QED) is 0.891. The van der Waals surface area contributed by atoms with Gasteiger partial charge in [0.2, 0.25) is 0 Å². The van der Waals surface area contributed by atoms with Crippen LogP contribution in [0.3, 0.4) is 0 Å². The predicted octanol–water partition coefficient (Wildman–Crippen LogP) is 2.85. The molecule has 0 bridgehead atoms. The third-order valence-electron chi connectivity index (χ3n) is 2.15. The van der Waals surface area contributed by atoms with Crippen LogP contribution in [0.15, 0.2) is 24.3 Å². The van der Waals surface area contributed by atoms with E-state index in [9.17, 15) is 18.0 Å². The first kappa shape index (κ1) is 13.3. The summed E-state index contributed by atoms with van der Waals surface area (Å²) in [4.78, 5) is 10.6. The second kappa shape index (κ2) is 5.07. The van der Waals surface area contributed by atoms with Crippen molar-refractivity contribution < 1.29 is 27.8 Å². The summed E-state index contributed by atoms with van der Waals surface area (Å²) in [6, 6.07) is 5.51. The SMILES string of the molecule is C[C@@H](Cc1ccccc1OC(F)(F)F)C(=O)O. The van der Waals surface area contributed by atoms with Gasteiger partial charge in [-0.1, -0.05) is 25.1 Å². The molecule has 1 N–H and O–H groups in total. The fraction of sp³-hybridized carbons (Fsp3) is 0.364. The van der Waals surface area contributed by atoms with Gasteiger partial charge < -0.3 is 9.84 Å². The predicted molar refractivity (Wildman–Crippen MR) is 53.6 cm³/mol. The summed E-state index contributed by atoms with van der Waals surface area (Å²) in [5.74, 6) is -2.19. The highest BCUT2D eigenvalue weighted by atomic mass is 19.4. The normalized spacial score (nSPS) is 13.2. The fourth-order valence-electron chi connectivity index (χ4n) is 1.31. The van der Waals surface area contributed by atoms with Crippen LogP contribution in [0.2, 0.25) is 0 Å². The standard InChI is InChI=1S/C11H11F3O3/c1-7(10(15)16)6-8-4-2-3-5-9(8)17-11(12,13)14/h2-5,7H,6H2,1H3,(H,15,16)/t7-/m0/s1. The number of benzene rings is 1. The zero-order valence-corrected chi connectivity index (χ0v) is 8.99. The number of carboxylic acid groups (broad SMARTS) is 1. The molecular formula is C11H11F3O3. The lowest BCUT2D eigenvalue weighted by Crippen LogP contribution is -2.19. The van der Waals surface area contributed by atoms with E-state index in [4.69, 9.17) is 5.11 Å². The number of para-hydroxylation sites is 1. The third-order valence-corrected chi connectivity index (χ3v) is 2.15. The van der Waals surface area contributed by atoms with Gasteiger partial charge in [0.1, 0.15) is 5.75 Å². The highest BCUT2D eigenvalue weighted by Crippen LogP contribution is 2.27. The lowest BCUT2D eigenvalue weighted by atomic mass is 10.0. The van der Waals surface area contributed by atoms with E-state index in [0.717, 1.165) is 6.07 Å². The van der Waals surface area contributed by atoms with Gasteiger partial charge in [-0.3, -0.25) is 4.79 Å². The minimum atomic E-state index is -4.78. The Balaban J connectivity index is 2.88. The molecule has 0 aliphatic heterocycles. The smallest absolute Gasteiger partial charge is 0.481 e. The Hall–Kier alpha value is -1.72. The van der Waals surface area contributed by atoms with Gasteiger partial charge in [0, 0.05) is 0 Å². The number of carbonyl (C=O) groups is 1. The van der Waals surface area contributed by atoms with E-state index in [1.54, 1.807) is 0 Å². The maximum atomic E-state index is 12.1. The van der Waals surface area contributed by atoms with Gasteiger partial charge in [-0.05, 0) is 18.1 Å². The van der Waals surface area contributed by atoms with Crippen LogP contribution >= 0.6 is 0 Å². The lowest BCUT2D eigenvalue weighted by Gasteiger charge is -2.14. The fourth-order valence-corrected chi connectivity index (χ4v) is 1.31. The molecule has 1 aromatic rings. The molecule has 6 heteroatoms. The van der Waals surface area contributed by atoms with Gasteiger partial charge in [0.15, 0.2) is 0 Å². The van der Waals surface area contributed by atoms with Gasteiger partial charge >= 0.3 is 12.3 Å². The number of carboxylic acids is 1. The first-order valence-corrected chi connectivity index (χ1v) is 4.86. The van der Waals surface area contributed by atoms with Crippen LogP contribution in [-0.2, 0) is 11.2 Å². The van der Waals surface area contributed by atoms with Crippen molar-refractivity contribution in [2.75, 3.05) is 0 Å². The molecule has 0 amide bonds. The van der Waals surface area contributed by atoms with Crippen molar-refractivity contribution in [3.05, 3.63) is 29.8 Å². The molecule has 0 aromatic heterocycles. The number of rotatable bonds is 4. The van der Waals surface area contributed by atoms with E-state index in [-0.39, 0.29) is 17.7 Å². The molecular weight excluding hydrogens is 237 g/mol. The van der Waals surface area contributed by atoms with E-state index in [1.807, 2.05) is 0 Å². The van der Waals surface area contributed by atoms with Crippen molar-refractivity contribution in [1.82, 2.24) is 0 Å². The lowest BCUT2D eigenvalue weighted by molar-refractivity contribution is -0.274. The molecule has 0 spiro atoms. The second-order valence-corrected chi connectivity index (χ2v) is 3.60. The van der Waals surface area contributed by atoms with Crippen LogP contribution in [0.1, 0.15) is 12.5 Å². The summed E-state index contributed by atoms with van der Waals surface area (Å²) in [7, 11) is 0.